The Bertz CT molecular complexity index is 538. The molecule has 5 fully saturated rings. The minimum absolute atomic E-state index is 0.682. The first-order valence-electron chi connectivity index (χ1n) is 11.0. The number of quaternary nitrogens is 2. The monoisotopic (exact) mass is 340 g/mol. The van der Waals surface area contributed by atoms with Gasteiger partial charge in [0.2, 0.25) is 0 Å². The Labute approximate surface area is 153 Å². The first kappa shape index (κ1) is 16.3. The molecule has 1 aliphatic heterocycles. The van der Waals surface area contributed by atoms with Crippen LogP contribution in [-0.4, -0.2) is 31.2 Å². The number of piperidine rings is 1. The summed E-state index contributed by atoms with van der Waals surface area (Å²) < 4.78 is 0. The van der Waals surface area contributed by atoms with Gasteiger partial charge in [0, 0.05) is 38.5 Å². The molecule has 1 saturated heterocycles. The first-order chi connectivity index (χ1) is 12.3. The standard InChI is InChI=1S/C23H34N2/c1-2-4-18(5-3-1)6-9-25-10-7-22(8-11-25)24-23-15-19-12-20(16-23)14-21(13-19)17-23/h1-5,19-22,24H,6-17H2/p+2. The normalized spacial score (nSPS) is 42.6. The molecule has 6 rings (SSSR count). The van der Waals surface area contributed by atoms with Gasteiger partial charge in [-0.05, 0) is 42.6 Å². The van der Waals surface area contributed by atoms with Crippen molar-refractivity contribution in [3.8, 4) is 0 Å². The molecule has 1 heterocycles. The Morgan fingerprint density at radius 1 is 0.880 bits per heavy atom. The molecular weight excluding hydrogens is 304 g/mol. The van der Waals surface area contributed by atoms with Crippen LogP contribution >= 0.6 is 0 Å². The predicted molar refractivity (Wildman–Crippen MR) is 102 cm³/mol. The second-order valence-corrected chi connectivity index (χ2v) is 10.0. The molecule has 1 aromatic carbocycles. The van der Waals surface area contributed by atoms with Gasteiger partial charge in [-0.3, -0.25) is 0 Å². The molecule has 2 heteroatoms. The zero-order valence-electron chi connectivity index (χ0n) is 15.8. The summed E-state index contributed by atoms with van der Waals surface area (Å²) in [4.78, 5) is 1.85. The number of likely N-dealkylation sites (tertiary alicyclic amines) is 1. The average molecular weight is 341 g/mol. The van der Waals surface area contributed by atoms with Crippen molar-refractivity contribution >= 4 is 0 Å². The van der Waals surface area contributed by atoms with Crippen molar-refractivity contribution in [2.45, 2.75) is 69.4 Å². The summed E-state index contributed by atoms with van der Waals surface area (Å²) in [6, 6.07) is 12.0. The fourth-order valence-corrected chi connectivity index (χ4v) is 7.31. The van der Waals surface area contributed by atoms with Crippen molar-refractivity contribution in [1.29, 1.82) is 0 Å². The largest absolute Gasteiger partial charge is 0.339 e. The van der Waals surface area contributed by atoms with E-state index in [1.165, 1.54) is 44.5 Å². The van der Waals surface area contributed by atoms with E-state index < -0.39 is 0 Å². The van der Waals surface area contributed by atoms with Crippen LogP contribution in [0.5, 0.6) is 0 Å². The van der Waals surface area contributed by atoms with E-state index in [1.54, 1.807) is 38.5 Å². The molecule has 5 aliphatic rings. The van der Waals surface area contributed by atoms with Crippen molar-refractivity contribution < 1.29 is 10.2 Å². The molecule has 0 aromatic heterocycles. The summed E-state index contributed by atoms with van der Waals surface area (Å²) in [6.07, 6.45) is 13.6. The van der Waals surface area contributed by atoms with E-state index in [1.807, 2.05) is 4.90 Å². The zero-order chi connectivity index (χ0) is 16.7. The highest BCUT2D eigenvalue weighted by Gasteiger charge is 2.54. The van der Waals surface area contributed by atoms with Gasteiger partial charge < -0.3 is 10.2 Å². The van der Waals surface area contributed by atoms with Crippen LogP contribution in [0, 0.1) is 17.8 Å². The van der Waals surface area contributed by atoms with Crippen LogP contribution in [0.15, 0.2) is 30.3 Å². The third-order valence-corrected chi connectivity index (χ3v) is 8.02. The van der Waals surface area contributed by atoms with E-state index in [4.69, 9.17) is 0 Å². The number of benzene rings is 1. The molecule has 3 N–H and O–H groups in total. The van der Waals surface area contributed by atoms with E-state index in [0.29, 0.717) is 5.54 Å². The highest BCUT2D eigenvalue weighted by atomic mass is 15.1. The first-order valence-corrected chi connectivity index (χ1v) is 11.0. The molecule has 0 amide bonds. The van der Waals surface area contributed by atoms with Gasteiger partial charge in [-0.1, -0.05) is 30.3 Å². The van der Waals surface area contributed by atoms with Crippen LogP contribution in [0.1, 0.15) is 56.9 Å². The summed E-state index contributed by atoms with van der Waals surface area (Å²) in [5.74, 6) is 3.29. The van der Waals surface area contributed by atoms with Crippen molar-refractivity contribution in [2.75, 3.05) is 19.6 Å². The fraction of sp³-hybridized carbons (Fsp3) is 0.739. The topological polar surface area (TPSA) is 21.1 Å². The molecule has 0 radical (unpaired) electrons. The SMILES string of the molecule is c1ccc(CC[NH+]2CCC([NH2+]C34CC5CC(CC(C5)C3)C4)CC2)cc1. The third-order valence-electron chi connectivity index (χ3n) is 8.02. The van der Waals surface area contributed by atoms with E-state index in [0.717, 1.165) is 23.8 Å². The van der Waals surface area contributed by atoms with Gasteiger partial charge in [0.1, 0.15) is 0 Å². The molecule has 2 nitrogen and oxygen atoms in total. The smallest absolute Gasteiger partial charge is 0.0971 e. The van der Waals surface area contributed by atoms with Crippen molar-refractivity contribution in [3.63, 3.8) is 0 Å². The Morgan fingerprint density at radius 3 is 2.08 bits per heavy atom. The summed E-state index contributed by atoms with van der Waals surface area (Å²) in [7, 11) is 0. The molecular formula is C23H36N2+2. The van der Waals surface area contributed by atoms with E-state index >= 15 is 0 Å². The van der Waals surface area contributed by atoms with Gasteiger partial charge in [-0.2, -0.15) is 0 Å². The highest BCUT2D eigenvalue weighted by molar-refractivity contribution is 5.14. The van der Waals surface area contributed by atoms with Gasteiger partial charge in [-0.25, -0.2) is 0 Å². The number of rotatable bonds is 5. The lowest BCUT2D eigenvalue weighted by Gasteiger charge is -2.55. The Morgan fingerprint density at radius 2 is 1.48 bits per heavy atom. The molecule has 4 aliphatic carbocycles. The fourth-order valence-electron chi connectivity index (χ4n) is 7.31. The van der Waals surface area contributed by atoms with Gasteiger partial charge in [0.05, 0.1) is 31.2 Å². The van der Waals surface area contributed by atoms with Crippen LogP contribution in [-0.2, 0) is 6.42 Å². The number of hydrogen-bond donors (Lipinski definition) is 2. The van der Waals surface area contributed by atoms with Crippen LogP contribution < -0.4 is 10.2 Å². The van der Waals surface area contributed by atoms with Crippen molar-refractivity contribution in [2.24, 2.45) is 17.8 Å². The summed E-state index contributed by atoms with van der Waals surface area (Å²) in [6.45, 7) is 4.13. The second kappa shape index (κ2) is 6.70. The van der Waals surface area contributed by atoms with E-state index in [9.17, 15) is 0 Å². The lowest BCUT2D eigenvalue weighted by molar-refractivity contribution is -0.916. The van der Waals surface area contributed by atoms with Crippen LogP contribution in [0.4, 0.5) is 0 Å². The number of nitrogens with one attached hydrogen (secondary N) is 1. The Hall–Kier alpha value is -0.860. The zero-order valence-corrected chi connectivity index (χ0v) is 15.8. The Kier molecular flexibility index (Phi) is 4.38. The maximum absolute atomic E-state index is 2.92. The molecule has 1 aromatic rings. The van der Waals surface area contributed by atoms with Crippen molar-refractivity contribution in [3.05, 3.63) is 35.9 Å². The lowest BCUT2D eigenvalue weighted by Crippen LogP contribution is -3.16. The van der Waals surface area contributed by atoms with Crippen LogP contribution in [0.2, 0.25) is 0 Å². The van der Waals surface area contributed by atoms with Gasteiger partial charge in [0.15, 0.2) is 0 Å². The molecule has 4 saturated carbocycles. The maximum atomic E-state index is 2.92. The molecule has 0 spiro atoms. The highest BCUT2D eigenvalue weighted by Crippen LogP contribution is 2.54. The van der Waals surface area contributed by atoms with Crippen LogP contribution in [0.3, 0.4) is 0 Å². The molecule has 0 atom stereocenters. The molecule has 25 heavy (non-hydrogen) atoms. The predicted octanol–water partition coefficient (Wildman–Crippen LogP) is 1.81. The van der Waals surface area contributed by atoms with Gasteiger partial charge in [-0.15, -0.1) is 0 Å². The second-order valence-electron chi connectivity index (χ2n) is 10.0. The average Bonchev–Trinajstić information content (AvgIpc) is 2.60. The number of nitrogens with two attached hydrogens (primary N) is 1. The minimum atomic E-state index is 0.682. The van der Waals surface area contributed by atoms with E-state index in [-0.39, 0.29) is 0 Å². The lowest BCUT2D eigenvalue weighted by atomic mass is 9.53. The molecule has 0 unspecified atom stereocenters. The van der Waals surface area contributed by atoms with Gasteiger partial charge in [0.25, 0.3) is 0 Å². The minimum Gasteiger partial charge on any atom is -0.339 e. The van der Waals surface area contributed by atoms with E-state index in [2.05, 4.69) is 35.6 Å². The summed E-state index contributed by atoms with van der Waals surface area (Å²) >= 11 is 0. The maximum Gasteiger partial charge on any atom is 0.0971 e. The quantitative estimate of drug-likeness (QED) is 0.816. The van der Waals surface area contributed by atoms with Gasteiger partial charge >= 0.3 is 0 Å². The summed E-state index contributed by atoms with van der Waals surface area (Å²) in [5.41, 5.74) is 2.19. The van der Waals surface area contributed by atoms with Crippen molar-refractivity contribution in [1.82, 2.24) is 0 Å². The van der Waals surface area contributed by atoms with Crippen LogP contribution in [0.25, 0.3) is 0 Å². The number of hydrogen-bond acceptors (Lipinski definition) is 0. The Balaban J connectivity index is 1.11. The third kappa shape index (κ3) is 3.53. The summed E-state index contributed by atoms with van der Waals surface area (Å²) in [5, 5.41) is 2.92. The molecule has 4 bridgehead atoms. The molecule has 136 valence electrons.